The number of sulfone groups is 2. The minimum Gasteiger partial charge on any atom is -0.214 e. The van der Waals surface area contributed by atoms with E-state index in [9.17, 15) is 69.5 Å². The Kier molecular flexibility index (Phi) is 7.91. The van der Waals surface area contributed by atoms with Gasteiger partial charge >= 0.3 is 23.4 Å². The molecule has 0 radical (unpaired) electrons. The third-order valence-electron chi connectivity index (χ3n) is 27.4. The summed E-state index contributed by atoms with van der Waals surface area (Å²) in [4.78, 5) is -3.01. The number of hydrogen-bond acceptors (Lipinski definition) is 4. The Bertz CT molecular complexity index is 3380. The van der Waals surface area contributed by atoms with E-state index in [1.165, 1.54) is 12.8 Å². The second-order valence-corrected chi connectivity index (χ2v) is 32.2. The first-order chi connectivity index (χ1) is 36.3. The lowest BCUT2D eigenvalue weighted by atomic mass is 9.43. The summed E-state index contributed by atoms with van der Waals surface area (Å²) in [5, 5.41) is 0. The summed E-state index contributed by atoms with van der Waals surface area (Å²) in [6.45, 7) is 0. The number of benzene rings is 2. The van der Waals surface area contributed by atoms with Crippen molar-refractivity contribution in [3.63, 3.8) is 0 Å². The van der Waals surface area contributed by atoms with Crippen molar-refractivity contribution in [2.45, 2.75) is 77.1 Å². The van der Waals surface area contributed by atoms with E-state index in [0.29, 0.717) is 119 Å². The molecule has 17 aliphatic rings. The number of halogens is 12. The van der Waals surface area contributed by atoms with Gasteiger partial charge in [0.2, 0.25) is 0 Å². The highest BCUT2D eigenvalue weighted by atomic mass is 32.2. The van der Waals surface area contributed by atoms with Crippen LogP contribution in [-0.2, 0) is 37.9 Å². The third-order valence-corrected chi connectivity index (χ3v) is 30.3. The van der Waals surface area contributed by atoms with Gasteiger partial charge in [0.1, 0.15) is 0 Å². The Hall–Kier alpha value is -3.28. The fraction of sp³-hybridized carbons (Fsp3) is 0.695. The average molecular weight is 1120 g/mol. The predicted molar refractivity (Wildman–Crippen MR) is 248 cm³/mol. The van der Waals surface area contributed by atoms with Crippen LogP contribution < -0.4 is 0 Å². The van der Waals surface area contributed by atoms with Crippen molar-refractivity contribution in [1.82, 2.24) is 0 Å². The standard InChI is InChI=1S/C59H52F12O4S2/c60-55(61,62)15-17-9-19(13-21(11-17)76(72,73)58(66,67)68)57(20-10-18(16-56(63,64)65)12-22(14-20)77(74,75)59(69,70)71)53-39-29-7-5-27-25-3-1-23-24-2-4-26-28-6-8-30-38-36(28)43-34(26)32(24)41-31(23)33(25)42-35(27)37(29)44-46(39)47(40(30)54(53)57)45(38)52-50(43)48(41)49(42)51(44)52/h1,3,5,7,9-14,23-41,43-48,50-54H,2,4,6,8,15-16H2. The molecule has 0 N–H and O–H groups in total. The Morgan fingerprint density at radius 3 is 1.29 bits per heavy atom. The molecular weight excluding hydrogens is 1060 g/mol. The molecule has 408 valence electrons. The molecule has 19 rings (SSSR count). The summed E-state index contributed by atoms with van der Waals surface area (Å²) >= 11 is 0. The summed E-state index contributed by atoms with van der Waals surface area (Å²) in [5.74, 6) is 6.91. The van der Waals surface area contributed by atoms with Crippen LogP contribution in [0.5, 0.6) is 0 Å². The molecule has 77 heavy (non-hydrogen) atoms. The number of allylic oxidation sites excluding steroid dienone is 6. The van der Waals surface area contributed by atoms with Crippen molar-refractivity contribution in [3.8, 4) is 0 Å². The van der Waals surface area contributed by atoms with Crippen molar-refractivity contribution >= 4 is 19.7 Å². The topological polar surface area (TPSA) is 68.3 Å². The molecule has 30 unspecified atom stereocenters. The van der Waals surface area contributed by atoms with E-state index in [0.717, 1.165) is 25.0 Å². The van der Waals surface area contributed by atoms with Crippen LogP contribution >= 0.6 is 0 Å². The first kappa shape index (κ1) is 46.3. The molecule has 0 saturated heterocycles. The number of hydrogen-bond donors (Lipinski definition) is 0. The molecule has 0 aromatic heterocycles. The Morgan fingerprint density at radius 2 is 0.753 bits per heavy atom. The lowest BCUT2D eigenvalue weighted by molar-refractivity contribution is -0.147. The molecule has 0 bridgehead atoms. The second kappa shape index (κ2) is 13.1. The SMILES string of the molecule is O=S(=O)(c1cc(CC(F)(F)F)cc(C2(c3cc(CC(F)(F)F)cc(S(=O)(=O)C(F)(F)F)c3)C3C4C5C=CC6C7C=CC8C9CCC%10C%11CCC%12C%13C%11C%11C%10C9C9C%10C%14=C(C7C89)C6C5C5C%14C(C%10%11)C%13C(C54)C%12C32)c1)C(F)(F)F. The highest BCUT2D eigenvalue weighted by Crippen LogP contribution is 2.94. The first-order valence-electron chi connectivity index (χ1n) is 28.4. The van der Waals surface area contributed by atoms with Gasteiger partial charge in [0, 0.05) is 5.41 Å². The van der Waals surface area contributed by atoms with E-state index in [1.807, 2.05) is 0 Å². The fourth-order valence-corrected chi connectivity index (χ4v) is 29.4. The molecule has 0 heterocycles. The van der Waals surface area contributed by atoms with Crippen LogP contribution in [0.3, 0.4) is 0 Å². The van der Waals surface area contributed by atoms with Gasteiger partial charge in [0.15, 0.2) is 0 Å². The monoisotopic (exact) mass is 1120 g/mol. The van der Waals surface area contributed by atoms with Crippen LogP contribution in [0.25, 0.3) is 0 Å². The van der Waals surface area contributed by atoms with Crippen molar-refractivity contribution in [2.75, 3.05) is 0 Å². The van der Waals surface area contributed by atoms with Crippen LogP contribution in [0.4, 0.5) is 52.7 Å². The zero-order valence-electron chi connectivity index (χ0n) is 40.8. The van der Waals surface area contributed by atoms with Crippen LogP contribution in [0, 0.1) is 178 Å². The third kappa shape index (κ3) is 4.82. The number of fused-ring (bicyclic) bond motifs is 8. The van der Waals surface area contributed by atoms with E-state index in [2.05, 4.69) is 24.3 Å². The van der Waals surface area contributed by atoms with Gasteiger partial charge in [-0.1, -0.05) is 47.6 Å². The smallest absolute Gasteiger partial charge is 0.214 e. The maximum Gasteiger partial charge on any atom is 0.501 e. The van der Waals surface area contributed by atoms with Gasteiger partial charge in [-0.05, 0) is 250 Å². The van der Waals surface area contributed by atoms with E-state index in [1.54, 1.807) is 11.1 Å². The van der Waals surface area contributed by atoms with Gasteiger partial charge < -0.3 is 0 Å². The van der Waals surface area contributed by atoms with Gasteiger partial charge in [0.05, 0.1) is 22.6 Å². The number of rotatable bonds is 6. The van der Waals surface area contributed by atoms with Crippen LogP contribution in [0.2, 0.25) is 0 Å². The average Bonchev–Trinajstić information content (AvgIpc) is 4.01. The van der Waals surface area contributed by atoms with Gasteiger partial charge in [-0.15, -0.1) is 0 Å². The van der Waals surface area contributed by atoms with Crippen LogP contribution in [0.15, 0.2) is 81.6 Å². The van der Waals surface area contributed by atoms with Crippen molar-refractivity contribution in [3.05, 3.63) is 94.1 Å². The predicted octanol–water partition coefficient (Wildman–Crippen LogP) is 12.5. The maximum atomic E-state index is 14.9. The van der Waals surface area contributed by atoms with Crippen molar-refractivity contribution < 1.29 is 69.5 Å². The highest BCUT2D eigenvalue weighted by molar-refractivity contribution is 7.92. The van der Waals surface area contributed by atoms with Crippen LogP contribution in [0.1, 0.15) is 47.9 Å². The molecular formula is C59H52F12O4S2. The zero-order valence-corrected chi connectivity index (χ0v) is 42.5. The summed E-state index contributed by atoms with van der Waals surface area (Å²) in [6.07, 6.45) is 0.133. The molecule has 13 saturated carbocycles. The molecule has 2 aromatic carbocycles. The summed E-state index contributed by atoms with van der Waals surface area (Å²) < 4.78 is 232. The van der Waals surface area contributed by atoms with Crippen molar-refractivity contribution in [2.24, 2.45) is 178 Å². The summed E-state index contributed by atoms with van der Waals surface area (Å²) in [6, 6.07) is 4.05. The molecule has 18 heteroatoms. The summed E-state index contributed by atoms with van der Waals surface area (Å²) in [7, 11) is -12.8. The Morgan fingerprint density at radius 1 is 0.377 bits per heavy atom. The molecule has 2 aromatic rings. The number of alkyl halides is 12. The maximum absolute atomic E-state index is 14.9. The molecule has 0 aliphatic heterocycles. The van der Waals surface area contributed by atoms with E-state index in [4.69, 9.17) is 0 Å². The van der Waals surface area contributed by atoms with Gasteiger partial charge in [0.25, 0.3) is 19.7 Å². The zero-order chi connectivity index (χ0) is 52.8. The molecule has 13 fully saturated rings. The van der Waals surface area contributed by atoms with Crippen LogP contribution in [-0.4, -0.2) is 40.2 Å². The van der Waals surface area contributed by atoms with E-state index < -0.39 is 94.1 Å². The molecule has 30 atom stereocenters. The molecule has 17 aliphatic carbocycles. The quantitative estimate of drug-likeness (QED) is 0.214. The Labute approximate surface area is 436 Å². The summed E-state index contributed by atoms with van der Waals surface area (Å²) in [5.41, 5.74) is -12.9. The molecule has 4 nitrogen and oxygen atoms in total. The second-order valence-electron chi connectivity index (χ2n) is 28.3. The molecule has 0 spiro atoms. The van der Waals surface area contributed by atoms with Gasteiger partial charge in [-0.3, -0.25) is 0 Å². The molecule has 0 amide bonds. The lowest BCUT2D eigenvalue weighted by Gasteiger charge is -2.61. The van der Waals surface area contributed by atoms with E-state index in [-0.39, 0.29) is 82.1 Å². The lowest BCUT2D eigenvalue weighted by Crippen LogP contribution is -2.58. The normalized spacial score (nSPS) is 53.0. The van der Waals surface area contributed by atoms with Gasteiger partial charge in [-0.2, -0.15) is 52.7 Å². The minimum atomic E-state index is -6.41. The largest absolute Gasteiger partial charge is 0.501 e. The van der Waals surface area contributed by atoms with Gasteiger partial charge in [-0.25, -0.2) is 16.8 Å². The minimum absolute atomic E-state index is 0.00135. The highest BCUT2D eigenvalue weighted by Gasteiger charge is 2.91. The van der Waals surface area contributed by atoms with Crippen molar-refractivity contribution in [1.29, 1.82) is 0 Å². The first-order valence-corrected chi connectivity index (χ1v) is 31.4. The fourth-order valence-electron chi connectivity index (χ4n) is 27.7. The van der Waals surface area contributed by atoms with E-state index >= 15 is 0 Å². The Balaban J connectivity index is 0.916.